The van der Waals surface area contributed by atoms with Crippen LogP contribution in [-0.4, -0.2) is 11.5 Å². The molecule has 0 amide bonds. The standard InChI is InChI=1S/C10H8FNO/c1-6-4-10(13)8-5-7(11)2-3-9(8)12-6/h2-3,5H,4H2,1H3. The third-order valence-corrected chi connectivity index (χ3v) is 1.99. The van der Waals surface area contributed by atoms with Crippen molar-refractivity contribution < 1.29 is 9.18 Å². The van der Waals surface area contributed by atoms with E-state index in [0.717, 1.165) is 5.71 Å². The molecule has 1 aliphatic heterocycles. The second-order valence-corrected chi connectivity index (χ2v) is 3.11. The minimum atomic E-state index is -0.387. The summed E-state index contributed by atoms with van der Waals surface area (Å²) in [6, 6.07) is 4.09. The first-order chi connectivity index (χ1) is 6.16. The summed E-state index contributed by atoms with van der Waals surface area (Å²) < 4.78 is 12.8. The molecule has 0 radical (unpaired) electrons. The van der Waals surface area contributed by atoms with E-state index in [1.165, 1.54) is 18.2 Å². The van der Waals surface area contributed by atoms with E-state index < -0.39 is 0 Å². The first-order valence-corrected chi connectivity index (χ1v) is 4.04. The Morgan fingerprint density at radius 3 is 3.00 bits per heavy atom. The van der Waals surface area contributed by atoms with E-state index in [0.29, 0.717) is 17.7 Å². The number of hydrogen-bond acceptors (Lipinski definition) is 2. The van der Waals surface area contributed by atoms with Gasteiger partial charge in [0.15, 0.2) is 5.78 Å². The van der Waals surface area contributed by atoms with Gasteiger partial charge in [0.2, 0.25) is 0 Å². The number of Topliss-reactive ketones (excluding diaryl/α,β-unsaturated/α-hetero) is 1. The van der Waals surface area contributed by atoms with Crippen LogP contribution < -0.4 is 0 Å². The van der Waals surface area contributed by atoms with Crippen molar-refractivity contribution in [2.24, 2.45) is 4.99 Å². The molecule has 1 aliphatic rings. The zero-order chi connectivity index (χ0) is 9.42. The van der Waals surface area contributed by atoms with Crippen molar-refractivity contribution in [2.75, 3.05) is 0 Å². The summed E-state index contributed by atoms with van der Waals surface area (Å²) >= 11 is 0. The molecule has 0 bridgehead atoms. The van der Waals surface area contributed by atoms with Gasteiger partial charge in [-0.1, -0.05) is 0 Å². The lowest BCUT2D eigenvalue weighted by Gasteiger charge is -2.11. The summed E-state index contributed by atoms with van der Waals surface area (Å²) in [5, 5.41) is 0. The van der Waals surface area contributed by atoms with Crippen LogP contribution in [0.3, 0.4) is 0 Å². The SMILES string of the molecule is CC1=Nc2ccc(F)cc2C(=O)C1. The molecule has 0 N–H and O–H groups in total. The van der Waals surface area contributed by atoms with Crippen LogP contribution in [0.15, 0.2) is 23.2 Å². The molecule has 2 nitrogen and oxygen atoms in total. The van der Waals surface area contributed by atoms with Crippen molar-refractivity contribution in [1.29, 1.82) is 0 Å². The van der Waals surface area contributed by atoms with E-state index in [1.54, 1.807) is 6.92 Å². The Morgan fingerprint density at radius 1 is 1.46 bits per heavy atom. The van der Waals surface area contributed by atoms with Gasteiger partial charge in [-0.15, -0.1) is 0 Å². The van der Waals surface area contributed by atoms with Crippen LogP contribution in [0.5, 0.6) is 0 Å². The van der Waals surface area contributed by atoms with Crippen molar-refractivity contribution in [3.8, 4) is 0 Å². The van der Waals surface area contributed by atoms with E-state index in [1.807, 2.05) is 0 Å². The first-order valence-electron chi connectivity index (χ1n) is 4.04. The summed E-state index contributed by atoms with van der Waals surface area (Å²) in [5.74, 6) is -0.441. The third kappa shape index (κ3) is 1.37. The molecule has 3 heteroatoms. The Bertz CT molecular complexity index is 409. The minimum Gasteiger partial charge on any atom is -0.294 e. The fourth-order valence-corrected chi connectivity index (χ4v) is 1.40. The zero-order valence-corrected chi connectivity index (χ0v) is 7.17. The Labute approximate surface area is 75.1 Å². The molecule has 13 heavy (non-hydrogen) atoms. The van der Waals surface area contributed by atoms with Gasteiger partial charge in [0.1, 0.15) is 5.82 Å². The topological polar surface area (TPSA) is 29.4 Å². The Kier molecular flexibility index (Phi) is 1.72. The van der Waals surface area contributed by atoms with Crippen LogP contribution >= 0.6 is 0 Å². The highest BCUT2D eigenvalue weighted by atomic mass is 19.1. The predicted octanol–water partition coefficient (Wildman–Crippen LogP) is 2.50. The minimum absolute atomic E-state index is 0.0537. The van der Waals surface area contributed by atoms with Gasteiger partial charge in [0, 0.05) is 17.7 Å². The van der Waals surface area contributed by atoms with E-state index in [4.69, 9.17) is 0 Å². The maximum absolute atomic E-state index is 12.8. The second-order valence-electron chi connectivity index (χ2n) is 3.11. The van der Waals surface area contributed by atoms with Gasteiger partial charge in [0.25, 0.3) is 0 Å². The average molecular weight is 177 g/mol. The van der Waals surface area contributed by atoms with Gasteiger partial charge < -0.3 is 0 Å². The molecule has 0 saturated heterocycles. The van der Waals surface area contributed by atoms with E-state index >= 15 is 0 Å². The van der Waals surface area contributed by atoms with Crippen LogP contribution in [0.1, 0.15) is 23.7 Å². The molecule has 0 unspecified atom stereocenters. The third-order valence-electron chi connectivity index (χ3n) is 1.99. The van der Waals surface area contributed by atoms with Crippen molar-refractivity contribution in [3.63, 3.8) is 0 Å². The Morgan fingerprint density at radius 2 is 2.23 bits per heavy atom. The van der Waals surface area contributed by atoms with Crippen molar-refractivity contribution >= 4 is 17.2 Å². The van der Waals surface area contributed by atoms with Gasteiger partial charge in [-0.3, -0.25) is 9.79 Å². The number of carbonyl (C=O) groups excluding carboxylic acids is 1. The van der Waals surface area contributed by atoms with Gasteiger partial charge in [-0.05, 0) is 25.1 Å². The summed E-state index contributed by atoms with van der Waals surface area (Å²) in [5.41, 5.74) is 1.75. The van der Waals surface area contributed by atoms with E-state index in [9.17, 15) is 9.18 Å². The van der Waals surface area contributed by atoms with Gasteiger partial charge in [-0.2, -0.15) is 0 Å². The molecule has 1 heterocycles. The number of rotatable bonds is 0. The number of carbonyl (C=O) groups is 1. The van der Waals surface area contributed by atoms with Crippen LogP contribution in [0.2, 0.25) is 0 Å². The summed E-state index contributed by atoms with van der Waals surface area (Å²) in [7, 11) is 0. The van der Waals surface area contributed by atoms with Crippen LogP contribution in [0.4, 0.5) is 10.1 Å². The number of aliphatic imine (C=N–C) groups is 1. The number of fused-ring (bicyclic) bond motifs is 1. The lowest BCUT2D eigenvalue weighted by molar-refractivity contribution is 0.0999. The molecule has 0 fully saturated rings. The number of nitrogens with zero attached hydrogens (tertiary/aromatic N) is 1. The van der Waals surface area contributed by atoms with E-state index in [-0.39, 0.29) is 11.6 Å². The summed E-state index contributed by atoms with van der Waals surface area (Å²) in [4.78, 5) is 15.6. The Balaban J connectivity index is 2.63. The number of benzene rings is 1. The molecule has 1 aromatic rings. The fourth-order valence-electron chi connectivity index (χ4n) is 1.40. The molecule has 1 aromatic carbocycles. The quantitative estimate of drug-likeness (QED) is 0.598. The highest BCUT2D eigenvalue weighted by Crippen LogP contribution is 2.26. The summed E-state index contributed by atoms with van der Waals surface area (Å²) in [6.07, 6.45) is 0.302. The van der Waals surface area contributed by atoms with Gasteiger partial charge in [-0.25, -0.2) is 4.39 Å². The molecule has 0 atom stereocenters. The van der Waals surface area contributed by atoms with Gasteiger partial charge >= 0.3 is 0 Å². The fraction of sp³-hybridized carbons (Fsp3) is 0.200. The number of halogens is 1. The number of ketones is 1. The smallest absolute Gasteiger partial charge is 0.170 e. The van der Waals surface area contributed by atoms with Crippen molar-refractivity contribution in [2.45, 2.75) is 13.3 Å². The molecule has 0 aromatic heterocycles. The highest BCUT2D eigenvalue weighted by molar-refractivity contribution is 6.15. The second kappa shape index (κ2) is 2.76. The molecular formula is C10H8FNO. The summed E-state index contributed by atoms with van der Waals surface area (Å²) in [6.45, 7) is 1.80. The first kappa shape index (κ1) is 8.10. The molecule has 66 valence electrons. The van der Waals surface area contributed by atoms with Crippen LogP contribution in [0, 0.1) is 5.82 Å². The van der Waals surface area contributed by atoms with Gasteiger partial charge in [0.05, 0.1) is 5.69 Å². The molecular weight excluding hydrogens is 169 g/mol. The molecule has 0 spiro atoms. The lowest BCUT2D eigenvalue weighted by Crippen LogP contribution is -2.10. The maximum atomic E-state index is 12.8. The zero-order valence-electron chi connectivity index (χ0n) is 7.17. The average Bonchev–Trinajstić information content (AvgIpc) is 2.06. The number of hydrogen-bond donors (Lipinski definition) is 0. The molecule has 0 saturated carbocycles. The normalized spacial score (nSPS) is 15.2. The van der Waals surface area contributed by atoms with Crippen molar-refractivity contribution in [3.05, 3.63) is 29.6 Å². The van der Waals surface area contributed by atoms with Crippen LogP contribution in [0.25, 0.3) is 0 Å². The van der Waals surface area contributed by atoms with Crippen molar-refractivity contribution in [1.82, 2.24) is 0 Å². The monoisotopic (exact) mass is 177 g/mol. The van der Waals surface area contributed by atoms with Crippen LogP contribution in [-0.2, 0) is 0 Å². The highest BCUT2D eigenvalue weighted by Gasteiger charge is 2.17. The Hall–Kier alpha value is -1.51. The molecule has 0 aliphatic carbocycles. The van der Waals surface area contributed by atoms with E-state index in [2.05, 4.69) is 4.99 Å². The lowest BCUT2D eigenvalue weighted by atomic mass is 10.0. The largest absolute Gasteiger partial charge is 0.294 e. The predicted molar refractivity (Wildman–Crippen MR) is 48.1 cm³/mol. The molecule has 2 rings (SSSR count). The maximum Gasteiger partial charge on any atom is 0.170 e.